The second-order valence-electron chi connectivity index (χ2n) is 6.61. The second-order valence-corrected chi connectivity index (χ2v) is 9.05. The Kier molecular flexibility index (Phi) is 7.85. The van der Waals surface area contributed by atoms with Crippen molar-refractivity contribution in [3.05, 3.63) is 33.0 Å². The van der Waals surface area contributed by atoms with Crippen LogP contribution in [0.1, 0.15) is 24.3 Å². The van der Waals surface area contributed by atoms with E-state index in [9.17, 15) is 4.79 Å². The number of carbonyl (C=O) groups is 1. The number of thiophene rings is 1. The van der Waals surface area contributed by atoms with E-state index in [0.717, 1.165) is 17.8 Å². The van der Waals surface area contributed by atoms with Gasteiger partial charge in [0.05, 0.1) is 30.7 Å². The van der Waals surface area contributed by atoms with Crippen LogP contribution >= 0.6 is 34.7 Å². The van der Waals surface area contributed by atoms with Crippen LogP contribution in [-0.2, 0) is 17.8 Å². The maximum absolute atomic E-state index is 12.6. The lowest BCUT2D eigenvalue weighted by molar-refractivity contribution is -0.113. The fourth-order valence-corrected chi connectivity index (χ4v) is 5.23. The number of hydrogen-bond donors (Lipinski definition) is 1. The van der Waals surface area contributed by atoms with Crippen molar-refractivity contribution in [3.8, 4) is 22.9 Å². The Bertz CT molecular complexity index is 1080. The van der Waals surface area contributed by atoms with Gasteiger partial charge < -0.3 is 19.4 Å². The van der Waals surface area contributed by atoms with Gasteiger partial charge in [-0.05, 0) is 25.8 Å². The predicted molar refractivity (Wildman–Crippen MR) is 127 cm³/mol. The molecule has 1 aromatic carbocycles. The van der Waals surface area contributed by atoms with Crippen LogP contribution in [-0.4, -0.2) is 40.6 Å². The molecule has 7 nitrogen and oxygen atoms in total. The van der Waals surface area contributed by atoms with E-state index in [1.54, 1.807) is 23.5 Å². The maximum Gasteiger partial charge on any atom is 0.234 e. The van der Waals surface area contributed by atoms with Crippen LogP contribution in [0.2, 0.25) is 5.02 Å². The Morgan fingerprint density at radius 1 is 1.23 bits per heavy atom. The van der Waals surface area contributed by atoms with Gasteiger partial charge in [0.15, 0.2) is 11.0 Å². The summed E-state index contributed by atoms with van der Waals surface area (Å²) >= 11 is 9.19. The minimum absolute atomic E-state index is 0.176. The zero-order valence-corrected chi connectivity index (χ0v) is 20.5. The largest absolute Gasteiger partial charge is 0.495 e. The van der Waals surface area contributed by atoms with Crippen molar-refractivity contribution in [1.82, 2.24) is 14.8 Å². The van der Waals surface area contributed by atoms with Crippen molar-refractivity contribution in [1.29, 1.82) is 0 Å². The molecule has 2 aromatic heterocycles. The van der Waals surface area contributed by atoms with E-state index in [2.05, 4.69) is 34.7 Å². The summed E-state index contributed by atoms with van der Waals surface area (Å²) < 4.78 is 12.6. The van der Waals surface area contributed by atoms with E-state index in [-0.39, 0.29) is 11.7 Å². The Hall–Kier alpha value is -2.23. The highest BCUT2D eigenvalue weighted by Crippen LogP contribution is 2.36. The number of rotatable bonds is 9. The molecular formula is C21H25ClN4O3S2. The Labute approximate surface area is 195 Å². The molecule has 31 heavy (non-hydrogen) atoms. The molecule has 10 heteroatoms. The molecule has 0 saturated heterocycles. The normalized spacial score (nSPS) is 10.9. The van der Waals surface area contributed by atoms with Gasteiger partial charge in [0.25, 0.3) is 0 Å². The topological polar surface area (TPSA) is 78.3 Å². The molecule has 0 radical (unpaired) electrons. The molecular weight excluding hydrogens is 456 g/mol. The summed E-state index contributed by atoms with van der Waals surface area (Å²) in [6.07, 6.45) is 0.943. The van der Waals surface area contributed by atoms with Gasteiger partial charge >= 0.3 is 0 Å². The number of nitrogens with zero attached hydrogens (tertiary/aromatic N) is 3. The van der Waals surface area contributed by atoms with Crippen LogP contribution in [0.25, 0.3) is 11.4 Å². The quantitative estimate of drug-likeness (QED) is 0.419. The summed E-state index contributed by atoms with van der Waals surface area (Å²) in [4.78, 5) is 13.9. The van der Waals surface area contributed by atoms with Gasteiger partial charge in [0, 0.05) is 34.5 Å². The zero-order chi connectivity index (χ0) is 22.5. The molecule has 0 saturated carbocycles. The zero-order valence-electron chi connectivity index (χ0n) is 18.1. The SMILES string of the molecule is CCc1c(-c2nnc(SCC(=O)Nc3cc(OC)c(Cl)cc3OC)n2CC)csc1C. The van der Waals surface area contributed by atoms with Crippen LogP contribution in [0.4, 0.5) is 5.69 Å². The number of thioether (sulfide) groups is 1. The monoisotopic (exact) mass is 480 g/mol. The standard InChI is InChI=1S/C21H25ClN4O3S2/c1-6-13-12(3)30-10-14(13)20-24-25-21(26(20)7-2)31-11-19(27)23-16-9-17(28-4)15(22)8-18(16)29-5/h8-10H,6-7,11H2,1-5H3,(H,23,27). The average molecular weight is 481 g/mol. The molecule has 2 heterocycles. The minimum atomic E-state index is -0.194. The molecule has 0 aliphatic rings. The van der Waals surface area contributed by atoms with E-state index < -0.39 is 0 Å². The van der Waals surface area contributed by atoms with Crippen LogP contribution in [0, 0.1) is 6.92 Å². The van der Waals surface area contributed by atoms with Crippen molar-refractivity contribution < 1.29 is 14.3 Å². The first-order valence-corrected chi connectivity index (χ1v) is 12.0. The highest BCUT2D eigenvalue weighted by atomic mass is 35.5. The fourth-order valence-electron chi connectivity index (χ4n) is 3.26. The van der Waals surface area contributed by atoms with Crippen LogP contribution < -0.4 is 14.8 Å². The Morgan fingerprint density at radius 2 is 1.97 bits per heavy atom. The average Bonchev–Trinajstić information content (AvgIpc) is 3.34. The Balaban J connectivity index is 1.75. The van der Waals surface area contributed by atoms with Gasteiger partial charge in [-0.1, -0.05) is 30.3 Å². The Morgan fingerprint density at radius 3 is 2.61 bits per heavy atom. The highest BCUT2D eigenvalue weighted by Gasteiger charge is 2.19. The van der Waals surface area contributed by atoms with E-state index in [0.29, 0.717) is 33.9 Å². The van der Waals surface area contributed by atoms with Crippen molar-refractivity contribution >= 4 is 46.3 Å². The number of carbonyl (C=O) groups excluding carboxylic acids is 1. The third-order valence-electron chi connectivity index (χ3n) is 4.81. The van der Waals surface area contributed by atoms with Gasteiger partial charge in [-0.15, -0.1) is 21.5 Å². The van der Waals surface area contributed by atoms with Gasteiger partial charge in [-0.2, -0.15) is 0 Å². The lowest BCUT2D eigenvalue weighted by Crippen LogP contribution is -2.15. The summed E-state index contributed by atoms with van der Waals surface area (Å²) in [5, 5.41) is 14.9. The molecule has 0 fully saturated rings. The highest BCUT2D eigenvalue weighted by molar-refractivity contribution is 7.99. The first kappa shape index (κ1) is 23.4. The van der Waals surface area contributed by atoms with Crippen LogP contribution in [0.15, 0.2) is 22.7 Å². The minimum Gasteiger partial charge on any atom is -0.495 e. The number of ether oxygens (including phenoxy) is 2. The molecule has 0 spiro atoms. The number of methoxy groups -OCH3 is 2. The number of benzene rings is 1. The van der Waals surface area contributed by atoms with Crippen molar-refractivity contribution in [2.45, 2.75) is 38.9 Å². The van der Waals surface area contributed by atoms with E-state index in [4.69, 9.17) is 21.1 Å². The molecule has 0 atom stereocenters. The molecule has 1 amide bonds. The molecule has 0 aliphatic carbocycles. The summed E-state index contributed by atoms with van der Waals surface area (Å²) in [6.45, 7) is 7.03. The number of halogens is 1. The van der Waals surface area contributed by atoms with Crippen LogP contribution in [0.3, 0.4) is 0 Å². The lowest BCUT2D eigenvalue weighted by Gasteiger charge is -2.13. The molecule has 3 aromatic rings. The molecule has 0 unspecified atom stereocenters. The van der Waals surface area contributed by atoms with E-state index >= 15 is 0 Å². The molecule has 0 aliphatic heterocycles. The summed E-state index contributed by atoms with van der Waals surface area (Å²) in [6, 6.07) is 3.25. The van der Waals surface area contributed by atoms with Gasteiger partial charge in [0.2, 0.25) is 5.91 Å². The summed E-state index contributed by atoms with van der Waals surface area (Å²) in [5.74, 6) is 1.74. The van der Waals surface area contributed by atoms with E-state index in [1.165, 1.54) is 36.4 Å². The number of anilines is 1. The number of aryl methyl sites for hydroxylation is 1. The van der Waals surface area contributed by atoms with Gasteiger partial charge in [-0.3, -0.25) is 4.79 Å². The number of aromatic nitrogens is 3. The summed E-state index contributed by atoms with van der Waals surface area (Å²) in [5.41, 5.74) is 2.91. The maximum atomic E-state index is 12.6. The first-order valence-electron chi connectivity index (χ1n) is 9.78. The third-order valence-corrected chi connectivity index (χ3v) is 7.03. The molecule has 3 rings (SSSR count). The van der Waals surface area contributed by atoms with Crippen molar-refractivity contribution in [2.24, 2.45) is 0 Å². The number of hydrogen-bond acceptors (Lipinski definition) is 7. The second kappa shape index (κ2) is 10.4. The van der Waals surface area contributed by atoms with E-state index in [1.807, 2.05) is 11.5 Å². The van der Waals surface area contributed by atoms with Gasteiger partial charge in [0.1, 0.15) is 11.5 Å². The number of nitrogens with one attached hydrogen (secondary N) is 1. The smallest absolute Gasteiger partial charge is 0.234 e. The van der Waals surface area contributed by atoms with Crippen LogP contribution in [0.5, 0.6) is 11.5 Å². The fraction of sp³-hybridized carbons (Fsp3) is 0.381. The third kappa shape index (κ3) is 4.99. The van der Waals surface area contributed by atoms with Crippen molar-refractivity contribution in [3.63, 3.8) is 0 Å². The number of amides is 1. The van der Waals surface area contributed by atoms with Crippen molar-refractivity contribution in [2.75, 3.05) is 25.3 Å². The lowest BCUT2D eigenvalue weighted by atomic mass is 10.1. The molecule has 1 N–H and O–H groups in total. The molecule has 166 valence electrons. The first-order chi connectivity index (χ1) is 14.9. The summed E-state index contributed by atoms with van der Waals surface area (Å²) in [7, 11) is 3.04. The van der Waals surface area contributed by atoms with Gasteiger partial charge in [-0.25, -0.2) is 0 Å². The molecule has 0 bridgehead atoms. The predicted octanol–water partition coefficient (Wildman–Crippen LogP) is 5.30.